The fourth-order valence-corrected chi connectivity index (χ4v) is 2.75. The highest BCUT2D eigenvalue weighted by Gasteiger charge is 2.27. The Hall–Kier alpha value is -0.930. The van der Waals surface area contributed by atoms with E-state index in [0.29, 0.717) is 12.1 Å². The molecule has 1 saturated heterocycles. The van der Waals surface area contributed by atoms with Crippen molar-refractivity contribution in [3.63, 3.8) is 0 Å². The van der Waals surface area contributed by atoms with Crippen LogP contribution in [0.2, 0.25) is 0 Å². The van der Waals surface area contributed by atoms with Crippen LogP contribution in [-0.2, 0) is 6.42 Å². The second kappa shape index (κ2) is 7.01. The molecule has 1 aromatic rings. The first-order valence-corrected chi connectivity index (χ1v) is 7.57. The Balaban J connectivity index is 1.87. The van der Waals surface area contributed by atoms with Crippen molar-refractivity contribution < 1.29 is 0 Å². The van der Waals surface area contributed by atoms with Crippen LogP contribution in [0.4, 0.5) is 0 Å². The Kier molecular flexibility index (Phi) is 5.34. The molecular formula is C16H27N3. The van der Waals surface area contributed by atoms with E-state index in [2.05, 4.69) is 48.1 Å². The number of pyridine rings is 1. The van der Waals surface area contributed by atoms with Crippen LogP contribution < -0.4 is 5.32 Å². The number of hydrogen-bond donors (Lipinski definition) is 1. The van der Waals surface area contributed by atoms with Gasteiger partial charge in [-0.3, -0.25) is 9.88 Å². The molecule has 2 heterocycles. The number of rotatable bonds is 5. The lowest BCUT2D eigenvalue weighted by Crippen LogP contribution is -2.57. The molecule has 3 nitrogen and oxygen atoms in total. The van der Waals surface area contributed by atoms with Crippen LogP contribution in [0.1, 0.15) is 32.8 Å². The average Bonchev–Trinajstić information content (AvgIpc) is 2.46. The smallest absolute Gasteiger partial charge is 0.0270 e. The summed E-state index contributed by atoms with van der Waals surface area (Å²) >= 11 is 0. The zero-order valence-electron chi connectivity index (χ0n) is 12.5. The minimum atomic E-state index is 0.641. The fourth-order valence-electron chi connectivity index (χ4n) is 2.75. The summed E-state index contributed by atoms with van der Waals surface area (Å²) < 4.78 is 0. The van der Waals surface area contributed by atoms with Crippen molar-refractivity contribution in [2.24, 2.45) is 5.92 Å². The van der Waals surface area contributed by atoms with Crippen molar-refractivity contribution >= 4 is 0 Å². The summed E-state index contributed by atoms with van der Waals surface area (Å²) in [4.78, 5) is 6.71. The van der Waals surface area contributed by atoms with E-state index in [1.54, 1.807) is 0 Å². The lowest BCUT2D eigenvalue weighted by Gasteiger charge is -2.41. The van der Waals surface area contributed by atoms with Gasteiger partial charge in [-0.25, -0.2) is 0 Å². The molecule has 0 amide bonds. The Bertz CT molecular complexity index is 366. The normalized spacial score (nSPS) is 26.3. The van der Waals surface area contributed by atoms with Gasteiger partial charge in [-0.05, 0) is 37.0 Å². The molecule has 0 aromatic carbocycles. The zero-order valence-corrected chi connectivity index (χ0v) is 12.5. The SMILES string of the molecule is CCC(C)C1CN(CCc2ccncc2)C(C)CN1. The van der Waals surface area contributed by atoms with Gasteiger partial charge in [0, 0.05) is 44.1 Å². The van der Waals surface area contributed by atoms with E-state index in [1.807, 2.05) is 12.4 Å². The van der Waals surface area contributed by atoms with Gasteiger partial charge in [0.1, 0.15) is 0 Å². The summed E-state index contributed by atoms with van der Waals surface area (Å²) in [5, 5.41) is 3.70. The van der Waals surface area contributed by atoms with Crippen molar-refractivity contribution in [1.82, 2.24) is 15.2 Å². The molecule has 0 bridgehead atoms. The van der Waals surface area contributed by atoms with E-state index in [1.165, 1.54) is 18.5 Å². The molecule has 1 aliphatic heterocycles. The zero-order chi connectivity index (χ0) is 13.7. The van der Waals surface area contributed by atoms with Gasteiger partial charge >= 0.3 is 0 Å². The molecule has 0 aliphatic carbocycles. The van der Waals surface area contributed by atoms with Crippen LogP contribution in [0.5, 0.6) is 0 Å². The molecule has 0 saturated carbocycles. The minimum Gasteiger partial charge on any atom is -0.311 e. The molecular weight excluding hydrogens is 234 g/mol. The summed E-state index contributed by atoms with van der Waals surface area (Å²) in [6, 6.07) is 5.54. The van der Waals surface area contributed by atoms with Gasteiger partial charge < -0.3 is 5.32 Å². The highest BCUT2D eigenvalue weighted by molar-refractivity contribution is 5.10. The first-order valence-electron chi connectivity index (χ1n) is 7.57. The van der Waals surface area contributed by atoms with Crippen LogP contribution in [-0.4, -0.2) is 41.6 Å². The monoisotopic (exact) mass is 261 g/mol. The van der Waals surface area contributed by atoms with Crippen LogP contribution in [0.25, 0.3) is 0 Å². The largest absolute Gasteiger partial charge is 0.311 e. The molecule has 1 aromatic heterocycles. The molecule has 2 rings (SSSR count). The highest BCUT2D eigenvalue weighted by atomic mass is 15.2. The minimum absolute atomic E-state index is 0.641. The molecule has 1 aliphatic rings. The van der Waals surface area contributed by atoms with Crippen LogP contribution >= 0.6 is 0 Å². The number of hydrogen-bond acceptors (Lipinski definition) is 3. The standard InChI is InChI=1S/C16H27N3/c1-4-13(2)16-12-19(14(3)11-18-16)10-7-15-5-8-17-9-6-15/h5-6,8-9,13-14,16,18H,4,7,10-12H2,1-3H3. The van der Waals surface area contributed by atoms with Crippen molar-refractivity contribution in [1.29, 1.82) is 0 Å². The van der Waals surface area contributed by atoms with Crippen molar-refractivity contribution in [3.05, 3.63) is 30.1 Å². The van der Waals surface area contributed by atoms with E-state index < -0.39 is 0 Å². The first-order chi connectivity index (χ1) is 9.20. The van der Waals surface area contributed by atoms with Gasteiger partial charge in [-0.15, -0.1) is 0 Å². The van der Waals surface area contributed by atoms with Gasteiger partial charge in [0.25, 0.3) is 0 Å². The van der Waals surface area contributed by atoms with Crippen LogP contribution in [0.3, 0.4) is 0 Å². The van der Waals surface area contributed by atoms with E-state index in [-0.39, 0.29) is 0 Å². The predicted octanol–water partition coefficient (Wildman–Crippen LogP) is 2.33. The number of nitrogens with zero attached hydrogens (tertiary/aromatic N) is 2. The Morgan fingerprint density at radius 3 is 2.84 bits per heavy atom. The van der Waals surface area contributed by atoms with Crippen molar-refractivity contribution in [2.45, 2.75) is 45.7 Å². The van der Waals surface area contributed by atoms with Gasteiger partial charge in [0.15, 0.2) is 0 Å². The van der Waals surface area contributed by atoms with E-state index in [9.17, 15) is 0 Å². The molecule has 3 heteroatoms. The summed E-state index contributed by atoms with van der Waals surface area (Å²) in [5.74, 6) is 0.760. The third-order valence-electron chi connectivity index (χ3n) is 4.50. The summed E-state index contributed by atoms with van der Waals surface area (Å²) in [6.07, 6.45) is 6.15. The van der Waals surface area contributed by atoms with E-state index in [4.69, 9.17) is 0 Å². The Labute approximate surface area is 117 Å². The van der Waals surface area contributed by atoms with E-state index in [0.717, 1.165) is 25.4 Å². The lowest BCUT2D eigenvalue weighted by molar-refractivity contribution is 0.120. The third kappa shape index (κ3) is 4.02. The predicted molar refractivity (Wildman–Crippen MR) is 80.2 cm³/mol. The third-order valence-corrected chi connectivity index (χ3v) is 4.50. The number of nitrogens with one attached hydrogen (secondary N) is 1. The van der Waals surface area contributed by atoms with Crippen molar-refractivity contribution in [2.75, 3.05) is 19.6 Å². The highest BCUT2D eigenvalue weighted by Crippen LogP contribution is 2.16. The van der Waals surface area contributed by atoms with Crippen LogP contribution in [0, 0.1) is 5.92 Å². The molecule has 3 unspecified atom stereocenters. The lowest BCUT2D eigenvalue weighted by atomic mass is 9.95. The molecule has 19 heavy (non-hydrogen) atoms. The Morgan fingerprint density at radius 1 is 1.42 bits per heavy atom. The van der Waals surface area contributed by atoms with Gasteiger partial charge in [-0.2, -0.15) is 0 Å². The maximum Gasteiger partial charge on any atom is 0.0270 e. The maximum atomic E-state index is 4.08. The molecule has 1 fully saturated rings. The molecule has 3 atom stereocenters. The summed E-state index contributed by atoms with van der Waals surface area (Å²) in [5.41, 5.74) is 1.39. The summed E-state index contributed by atoms with van der Waals surface area (Å²) in [6.45, 7) is 10.4. The number of piperazine rings is 1. The molecule has 0 radical (unpaired) electrons. The van der Waals surface area contributed by atoms with Gasteiger partial charge in [0.05, 0.1) is 0 Å². The topological polar surface area (TPSA) is 28.2 Å². The quantitative estimate of drug-likeness (QED) is 0.882. The molecule has 1 N–H and O–H groups in total. The number of aromatic nitrogens is 1. The van der Waals surface area contributed by atoms with Crippen molar-refractivity contribution in [3.8, 4) is 0 Å². The van der Waals surface area contributed by atoms with Crippen LogP contribution in [0.15, 0.2) is 24.5 Å². The fraction of sp³-hybridized carbons (Fsp3) is 0.688. The average molecular weight is 261 g/mol. The second-order valence-electron chi connectivity index (χ2n) is 5.85. The Morgan fingerprint density at radius 2 is 2.16 bits per heavy atom. The first kappa shape index (κ1) is 14.5. The van der Waals surface area contributed by atoms with E-state index >= 15 is 0 Å². The van der Waals surface area contributed by atoms with Gasteiger partial charge in [-0.1, -0.05) is 20.3 Å². The second-order valence-corrected chi connectivity index (χ2v) is 5.85. The summed E-state index contributed by atoms with van der Waals surface area (Å²) in [7, 11) is 0. The molecule has 0 spiro atoms. The maximum absolute atomic E-state index is 4.08. The molecule has 106 valence electrons. The van der Waals surface area contributed by atoms with Gasteiger partial charge in [0.2, 0.25) is 0 Å².